The molecule has 0 fully saturated rings. The molecule has 0 aliphatic carbocycles. The summed E-state index contributed by atoms with van der Waals surface area (Å²) in [5, 5.41) is 2.57. The summed E-state index contributed by atoms with van der Waals surface area (Å²) in [6.45, 7) is 2.00. The molecule has 0 atom stereocenters. The number of fused-ring (bicyclic) bond motifs is 1. The molecule has 104 valence electrons. The van der Waals surface area contributed by atoms with Gasteiger partial charge in [-0.2, -0.15) is 0 Å². The molecule has 2 heterocycles. The summed E-state index contributed by atoms with van der Waals surface area (Å²) in [4.78, 5) is 15.5. The van der Waals surface area contributed by atoms with E-state index in [9.17, 15) is 4.79 Å². The first kappa shape index (κ1) is 13.6. The zero-order valence-electron chi connectivity index (χ0n) is 10.8. The Labute approximate surface area is 126 Å². The van der Waals surface area contributed by atoms with Crippen LogP contribution in [0.5, 0.6) is 5.75 Å². The highest BCUT2D eigenvalue weighted by Gasteiger charge is 2.20. The van der Waals surface area contributed by atoms with E-state index in [4.69, 9.17) is 16.3 Å². The third kappa shape index (κ3) is 3.03. The summed E-state index contributed by atoms with van der Waals surface area (Å²) in [5.41, 5.74) is 1.33. The first-order valence-corrected chi connectivity index (χ1v) is 7.71. The third-order valence-electron chi connectivity index (χ3n) is 3.30. The molecule has 5 heteroatoms. The van der Waals surface area contributed by atoms with E-state index in [2.05, 4.69) is 16.3 Å². The van der Waals surface area contributed by atoms with Gasteiger partial charge in [0.25, 0.3) is 0 Å². The third-order valence-corrected chi connectivity index (χ3v) is 4.64. The molecule has 0 radical (unpaired) electrons. The number of esters is 1. The molecule has 3 rings (SSSR count). The zero-order chi connectivity index (χ0) is 13.9. The van der Waals surface area contributed by atoms with Gasteiger partial charge in [-0.1, -0.05) is 23.7 Å². The van der Waals surface area contributed by atoms with Crippen LogP contribution >= 0.6 is 22.9 Å². The predicted octanol–water partition coefficient (Wildman–Crippen LogP) is 3.37. The molecule has 20 heavy (non-hydrogen) atoms. The second-order valence-electron chi connectivity index (χ2n) is 4.73. The highest BCUT2D eigenvalue weighted by molar-refractivity contribution is 7.10. The van der Waals surface area contributed by atoms with Crippen LogP contribution in [0.2, 0.25) is 5.02 Å². The van der Waals surface area contributed by atoms with Gasteiger partial charge >= 0.3 is 5.97 Å². The first-order chi connectivity index (χ1) is 9.72. The summed E-state index contributed by atoms with van der Waals surface area (Å²) in [5.74, 6) is 0.157. The monoisotopic (exact) mass is 307 g/mol. The van der Waals surface area contributed by atoms with Crippen LogP contribution in [-0.2, 0) is 17.8 Å². The number of para-hydroxylation sites is 1. The number of carbonyl (C=O) groups excluding carboxylic acids is 1. The Hall–Kier alpha value is -1.36. The van der Waals surface area contributed by atoms with E-state index in [-0.39, 0.29) is 5.97 Å². The lowest BCUT2D eigenvalue weighted by Gasteiger charge is -2.25. The normalized spacial score (nSPS) is 14.8. The average Bonchev–Trinajstić information content (AvgIpc) is 2.89. The Morgan fingerprint density at radius 1 is 1.35 bits per heavy atom. The van der Waals surface area contributed by atoms with Gasteiger partial charge in [0, 0.05) is 18.0 Å². The van der Waals surface area contributed by atoms with Crippen molar-refractivity contribution in [2.24, 2.45) is 0 Å². The summed E-state index contributed by atoms with van der Waals surface area (Å²) in [6, 6.07) is 9.15. The highest BCUT2D eigenvalue weighted by Crippen LogP contribution is 2.25. The second kappa shape index (κ2) is 5.95. The molecule has 1 aliphatic heterocycles. The highest BCUT2D eigenvalue weighted by atomic mass is 35.5. The van der Waals surface area contributed by atoms with E-state index in [1.165, 1.54) is 10.4 Å². The maximum Gasteiger partial charge on any atom is 0.325 e. The molecule has 0 saturated heterocycles. The lowest BCUT2D eigenvalue weighted by Crippen LogP contribution is -2.35. The van der Waals surface area contributed by atoms with Crippen LogP contribution in [0.25, 0.3) is 0 Å². The van der Waals surface area contributed by atoms with E-state index in [1.54, 1.807) is 29.5 Å². The lowest BCUT2D eigenvalue weighted by molar-refractivity contribution is -0.135. The van der Waals surface area contributed by atoms with Crippen molar-refractivity contribution in [1.29, 1.82) is 0 Å². The smallest absolute Gasteiger partial charge is 0.325 e. The lowest BCUT2D eigenvalue weighted by atomic mass is 10.1. The molecular formula is C15H14ClNO2S. The van der Waals surface area contributed by atoms with Crippen molar-refractivity contribution >= 4 is 28.9 Å². The molecule has 1 aromatic carbocycles. The number of rotatable bonds is 3. The minimum atomic E-state index is -0.267. The van der Waals surface area contributed by atoms with Crippen molar-refractivity contribution in [3.05, 3.63) is 51.2 Å². The van der Waals surface area contributed by atoms with Gasteiger partial charge in [-0.05, 0) is 35.6 Å². The Morgan fingerprint density at radius 3 is 3.05 bits per heavy atom. The number of carbonyl (C=O) groups is 1. The van der Waals surface area contributed by atoms with Crippen molar-refractivity contribution < 1.29 is 9.53 Å². The van der Waals surface area contributed by atoms with Crippen LogP contribution in [0.15, 0.2) is 35.7 Å². The van der Waals surface area contributed by atoms with Crippen LogP contribution in [0.3, 0.4) is 0 Å². The van der Waals surface area contributed by atoms with Crippen LogP contribution in [-0.4, -0.2) is 24.0 Å². The molecule has 2 aromatic rings. The maximum absolute atomic E-state index is 12.0. The molecule has 1 aromatic heterocycles. The number of ether oxygens (including phenoxy) is 1. The van der Waals surface area contributed by atoms with Gasteiger partial charge in [-0.15, -0.1) is 11.3 Å². The molecule has 3 nitrogen and oxygen atoms in total. The van der Waals surface area contributed by atoms with Gasteiger partial charge < -0.3 is 4.74 Å². The first-order valence-electron chi connectivity index (χ1n) is 6.45. The van der Waals surface area contributed by atoms with Crippen molar-refractivity contribution in [2.45, 2.75) is 13.0 Å². The van der Waals surface area contributed by atoms with Crippen molar-refractivity contribution in [3.63, 3.8) is 0 Å². The number of halogens is 1. The zero-order valence-corrected chi connectivity index (χ0v) is 12.4. The topological polar surface area (TPSA) is 29.5 Å². The van der Waals surface area contributed by atoms with E-state index in [0.717, 1.165) is 19.5 Å². The van der Waals surface area contributed by atoms with Gasteiger partial charge in [0.15, 0.2) is 0 Å². The van der Waals surface area contributed by atoms with Gasteiger partial charge in [0.05, 0.1) is 11.6 Å². The summed E-state index contributed by atoms with van der Waals surface area (Å²) < 4.78 is 5.31. The quantitative estimate of drug-likeness (QED) is 0.643. The Bertz CT molecular complexity index is 626. The fourth-order valence-corrected chi connectivity index (χ4v) is 3.37. The van der Waals surface area contributed by atoms with E-state index < -0.39 is 0 Å². The minimum Gasteiger partial charge on any atom is -0.424 e. The predicted molar refractivity (Wildman–Crippen MR) is 80.4 cm³/mol. The fourth-order valence-electron chi connectivity index (χ4n) is 2.31. The number of hydrogen-bond donors (Lipinski definition) is 0. The average molecular weight is 308 g/mol. The molecule has 0 bridgehead atoms. The maximum atomic E-state index is 12.0. The van der Waals surface area contributed by atoms with Crippen LogP contribution in [0.1, 0.15) is 10.4 Å². The Balaban J connectivity index is 1.59. The van der Waals surface area contributed by atoms with Crippen LogP contribution in [0, 0.1) is 0 Å². The summed E-state index contributed by atoms with van der Waals surface area (Å²) >= 11 is 7.76. The molecule has 1 aliphatic rings. The standard InChI is InChI=1S/C15H14ClNO2S/c16-12-3-1-2-4-13(12)19-15(18)10-17-7-5-14-11(9-17)6-8-20-14/h1-4,6,8H,5,7,9-10H2. The minimum absolute atomic E-state index is 0.267. The van der Waals surface area contributed by atoms with Crippen molar-refractivity contribution in [3.8, 4) is 5.75 Å². The Morgan fingerprint density at radius 2 is 2.20 bits per heavy atom. The molecule has 0 spiro atoms. The molecule has 0 N–H and O–H groups in total. The molecule has 0 amide bonds. The van der Waals surface area contributed by atoms with Crippen molar-refractivity contribution in [1.82, 2.24) is 4.90 Å². The van der Waals surface area contributed by atoms with Crippen LogP contribution < -0.4 is 4.74 Å². The summed E-state index contributed by atoms with van der Waals surface area (Å²) in [7, 11) is 0. The van der Waals surface area contributed by atoms with Crippen molar-refractivity contribution in [2.75, 3.05) is 13.1 Å². The number of hydrogen-bond acceptors (Lipinski definition) is 4. The number of benzene rings is 1. The van der Waals surface area contributed by atoms with Gasteiger partial charge in [-0.25, -0.2) is 0 Å². The van der Waals surface area contributed by atoms with E-state index >= 15 is 0 Å². The largest absolute Gasteiger partial charge is 0.424 e. The van der Waals surface area contributed by atoms with E-state index in [1.807, 2.05) is 6.07 Å². The van der Waals surface area contributed by atoms with Gasteiger partial charge in [0.2, 0.25) is 0 Å². The van der Waals surface area contributed by atoms with E-state index in [0.29, 0.717) is 17.3 Å². The second-order valence-corrected chi connectivity index (χ2v) is 6.14. The molecule has 0 unspecified atom stereocenters. The SMILES string of the molecule is O=C(CN1CCc2sccc2C1)Oc1ccccc1Cl. The van der Waals surface area contributed by atoms with Crippen LogP contribution in [0.4, 0.5) is 0 Å². The van der Waals surface area contributed by atoms with Gasteiger partial charge in [0.1, 0.15) is 5.75 Å². The molecule has 0 saturated carbocycles. The number of nitrogens with zero attached hydrogens (tertiary/aromatic N) is 1. The number of thiophene rings is 1. The Kier molecular flexibility index (Phi) is 4.05. The molecular weight excluding hydrogens is 294 g/mol. The summed E-state index contributed by atoms with van der Waals surface area (Å²) in [6.07, 6.45) is 1.01. The van der Waals surface area contributed by atoms with Gasteiger partial charge in [-0.3, -0.25) is 9.69 Å². The fraction of sp³-hybridized carbons (Fsp3) is 0.267.